The van der Waals surface area contributed by atoms with Gasteiger partial charge < -0.3 is 10.3 Å². The molecular formula is C14H16N2O. The second kappa shape index (κ2) is 4.24. The van der Waals surface area contributed by atoms with Crippen LogP contribution in [-0.4, -0.2) is 5.16 Å². The lowest BCUT2D eigenvalue weighted by Gasteiger charge is -2.09. The van der Waals surface area contributed by atoms with Gasteiger partial charge in [-0.05, 0) is 30.4 Å². The molecule has 88 valence electrons. The lowest BCUT2D eigenvalue weighted by atomic mass is 9.95. The van der Waals surface area contributed by atoms with E-state index in [1.165, 1.54) is 31.2 Å². The fraction of sp³-hybridized carbons (Fsp3) is 0.357. The number of anilines is 1. The number of nitrogen functional groups attached to an aromatic ring is 1. The fourth-order valence-corrected chi connectivity index (χ4v) is 2.63. The second-order valence-electron chi connectivity index (χ2n) is 4.72. The molecule has 1 aliphatic carbocycles. The normalized spacial score (nSPS) is 16.5. The molecule has 17 heavy (non-hydrogen) atoms. The summed E-state index contributed by atoms with van der Waals surface area (Å²) in [4.78, 5) is 0. The van der Waals surface area contributed by atoms with Gasteiger partial charge in [-0.3, -0.25) is 0 Å². The predicted octanol–water partition coefficient (Wildman–Crippen LogP) is 3.58. The van der Waals surface area contributed by atoms with Crippen molar-refractivity contribution in [2.75, 3.05) is 5.73 Å². The van der Waals surface area contributed by atoms with Crippen LogP contribution in [0.25, 0.3) is 11.3 Å². The lowest BCUT2D eigenvalue weighted by molar-refractivity contribution is 0.436. The lowest BCUT2D eigenvalue weighted by Crippen LogP contribution is -1.91. The Labute approximate surface area is 101 Å². The highest BCUT2D eigenvalue weighted by molar-refractivity contribution is 5.61. The quantitative estimate of drug-likeness (QED) is 0.854. The van der Waals surface area contributed by atoms with E-state index >= 15 is 0 Å². The average Bonchev–Trinajstić information content (AvgIpc) is 3.00. The molecule has 0 atom stereocenters. The van der Waals surface area contributed by atoms with E-state index in [0.717, 1.165) is 17.2 Å². The molecule has 1 aromatic carbocycles. The third-order valence-electron chi connectivity index (χ3n) is 3.53. The Hall–Kier alpha value is -1.77. The summed E-state index contributed by atoms with van der Waals surface area (Å²) in [5, 5.41) is 3.72. The van der Waals surface area contributed by atoms with Crippen LogP contribution in [0.3, 0.4) is 0 Å². The number of nitrogens with zero attached hydrogens (tertiary/aromatic N) is 1. The zero-order chi connectivity index (χ0) is 11.7. The smallest absolute Gasteiger partial charge is 0.169 e. The van der Waals surface area contributed by atoms with E-state index in [1.807, 2.05) is 6.07 Å². The number of benzene rings is 1. The van der Waals surface area contributed by atoms with Gasteiger partial charge in [-0.2, -0.15) is 0 Å². The van der Waals surface area contributed by atoms with Gasteiger partial charge in [0, 0.05) is 11.6 Å². The molecule has 0 unspecified atom stereocenters. The van der Waals surface area contributed by atoms with Crippen LogP contribution in [0, 0.1) is 0 Å². The van der Waals surface area contributed by atoms with Crippen LogP contribution in [0.15, 0.2) is 34.9 Å². The molecule has 1 aliphatic rings. The molecule has 1 aromatic heterocycles. The number of hydrogen-bond donors (Lipinski definition) is 1. The van der Waals surface area contributed by atoms with Gasteiger partial charge in [0.05, 0.1) is 0 Å². The van der Waals surface area contributed by atoms with Gasteiger partial charge in [0.1, 0.15) is 0 Å². The van der Waals surface area contributed by atoms with E-state index in [4.69, 9.17) is 10.3 Å². The maximum Gasteiger partial charge on any atom is 0.169 e. The van der Waals surface area contributed by atoms with Gasteiger partial charge in [-0.15, -0.1) is 0 Å². The predicted molar refractivity (Wildman–Crippen MR) is 67.6 cm³/mol. The average molecular weight is 228 g/mol. The van der Waals surface area contributed by atoms with Crippen molar-refractivity contribution in [2.45, 2.75) is 31.6 Å². The summed E-state index contributed by atoms with van der Waals surface area (Å²) in [6, 6.07) is 10.3. The Balaban J connectivity index is 1.93. The summed E-state index contributed by atoms with van der Waals surface area (Å²) < 4.78 is 5.19. The monoisotopic (exact) mass is 228 g/mol. The number of hydrogen-bond acceptors (Lipinski definition) is 3. The summed E-state index contributed by atoms with van der Waals surface area (Å²) in [5.41, 5.74) is 8.05. The minimum Gasteiger partial charge on any atom is -0.381 e. The van der Waals surface area contributed by atoms with E-state index in [1.54, 1.807) is 6.07 Å². The first-order valence-corrected chi connectivity index (χ1v) is 6.15. The molecule has 0 amide bonds. The highest BCUT2D eigenvalue weighted by Gasteiger charge is 2.17. The van der Waals surface area contributed by atoms with Crippen LogP contribution in [0.5, 0.6) is 0 Å². The van der Waals surface area contributed by atoms with Crippen LogP contribution in [0.4, 0.5) is 5.82 Å². The molecule has 0 aliphatic heterocycles. The molecule has 1 heterocycles. The van der Waals surface area contributed by atoms with Crippen molar-refractivity contribution >= 4 is 5.82 Å². The molecule has 0 saturated heterocycles. The van der Waals surface area contributed by atoms with E-state index in [9.17, 15) is 0 Å². The maximum atomic E-state index is 5.57. The zero-order valence-corrected chi connectivity index (χ0v) is 9.73. The topological polar surface area (TPSA) is 52.0 Å². The van der Waals surface area contributed by atoms with Crippen molar-refractivity contribution in [1.29, 1.82) is 0 Å². The van der Waals surface area contributed by atoms with Crippen molar-refractivity contribution in [3.8, 4) is 11.3 Å². The minimum absolute atomic E-state index is 0.436. The molecule has 2 aromatic rings. The number of aromatic nitrogens is 1. The second-order valence-corrected chi connectivity index (χ2v) is 4.72. The summed E-state index contributed by atoms with van der Waals surface area (Å²) in [6.07, 6.45) is 5.32. The van der Waals surface area contributed by atoms with Crippen molar-refractivity contribution in [3.63, 3.8) is 0 Å². The first-order chi connectivity index (χ1) is 8.33. The van der Waals surface area contributed by atoms with Gasteiger partial charge in [0.25, 0.3) is 0 Å². The van der Waals surface area contributed by atoms with E-state index in [2.05, 4.69) is 23.4 Å². The first-order valence-electron chi connectivity index (χ1n) is 6.15. The van der Waals surface area contributed by atoms with Crippen LogP contribution in [0.1, 0.15) is 37.2 Å². The Bertz CT molecular complexity index is 512. The molecule has 1 fully saturated rings. The number of nitrogens with two attached hydrogens (primary N) is 1. The summed E-state index contributed by atoms with van der Waals surface area (Å²) >= 11 is 0. The van der Waals surface area contributed by atoms with Crippen LogP contribution >= 0.6 is 0 Å². The Kier molecular flexibility index (Phi) is 2.59. The summed E-state index contributed by atoms with van der Waals surface area (Å²) in [6.45, 7) is 0. The van der Waals surface area contributed by atoms with Gasteiger partial charge in [-0.25, -0.2) is 0 Å². The van der Waals surface area contributed by atoms with E-state index in [-0.39, 0.29) is 0 Å². The van der Waals surface area contributed by atoms with E-state index < -0.39 is 0 Å². The van der Waals surface area contributed by atoms with Gasteiger partial charge in [0.15, 0.2) is 11.6 Å². The first kappa shape index (κ1) is 10.4. The Morgan fingerprint density at radius 1 is 1.18 bits per heavy atom. The molecule has 1 saturated carbocycles. The van der Waals surface area contributed by atoms with Crippen LogP contribution in [-0.2, 0) is 0 Å². The number of rotatable bonds is 2. The third-order valence-corrected chi connectivity index (χ3v) is 3.53. The van der Waals surface area contributed by atoms with Gasteiger partial charge in [0.2, 0.25) is 0 Å². The van der Waals surface area contributed by atoms with Crippen LogP contribution < -0.4 is 5.73 Å². The van der Waals surface area contributed by atoms with Crippen LogP contribution in [0.2, 0.25) is 0 Å². The SMILES string of the molecule is Nc1cc(-c2cccc(C3CCCC3)c2)on1. The molecule has 0 bridgehead atoms. The Morgan fingerprint density at radius 3 is 2.71 bits per heavy atom. The third kappa shape index (κ3) is 2.05. The minimum atomic E-state index is 0.436. The summed E-state index contributed by atoms with van der Waals surface area (Å²) in [5.74, 6) is 1.91. The maximum absolute atomic E-state index is 5.57. The molecule has 3 nitrogen and oxygen atoms in total. The van der Waals surface area contributed by atoms with Crippen molar-refractivity contribution in [1.82, 2.24) is 5.16 Å². The van der Waals surface area contributed by atoms with Crippen molar-refractivity contribution < 1.29 is 4.52 Å². The molecular weight excluding hydrogens is 212 g/mol. The molecule has 3 heteroatoms. The molecule has 2 N–H and O–H groups in total. The highest BCUT2D eigenvalue weighted by atomic mass is 16.5. The van der Waals surface area contributed by atoms with Gasteiger partial charge >= 0.3 is 0 Å². The van der Waals surface area contributed by atoms with Gasteiger partial charge in [-0.1, -0.05) is 36.2 Å². The molecule has 0 spiro atoms. The highest BCUT2D eigenvalue weighted by Crippen LogP contribution is 2.35. The zero-order valence-electron chi connectivity index (χ0n) is 9.73. The standard InChI is InChI=1S/C14H16N2O/c15-14-9-13(17-16-14)12-7-3-6-11(8-12)10-4-1-2-5-10/h3,6-10H,1-2,4-5H2,(H2,15,16). The van der Waals surface area contributed by atoms with Crippen molar-refractivity contribution in [2.24, 2.45) is 0 Å². The Morgan fingerprint density at radius 2 is 2.00 bits per heavy atom. The van der Waals surface area contributed by atoms with E-state index in [0.29, 0.717) is 5.82 Å². The molecule has 0 radical (unpaired) electrons. The van der Waals surface area contributed by atoms with Crippen molar-refractivity contribution in [3.05, 3.63) is 35.9 Å². The fourth-order valence-electron chi connectivity index (χ4n) is 2.63. The largest absolute Gasteiger partial charge is 0.381 e. The molecule has 3 rings (SSSR count). The summed E-state index contributed by atoms with van der Waals surface area (Å²) in [7, 11) is 0.